The molecule has 0 spiro atoms. The molecular formula is C25H32N4O4S. The van der Waals surface area contributed by atoms with E-state index in [0.29, 0.717) is 26.1 Å². The Labute approximate surface area is 201 Å². The van der Waals surface area contributed by atoms with Crippen LogP contribution in [0.25, 0.3) is 0 Å². The van der Waals surface area contributed by atoms with E-state index in [1.807, 2.05) is 11.0 Å². The van der Waals surface area contributed by atoms with E-state index < -0.39 is 10.0 Å². The largest absolute Gasteiger partial charge is 0.365 e. The second kappa shape index (κ2) is 9.76. The van der Waals surface area contributed by atoms with Crippen molar-refractivity contribution < 1.29 is 18.0 Å². The van der Waals surface area contributed by atoms with Gasteiger partial charge in [0.05, 0.1) is 4.90 Å². The van der Waals surface area contributed by atoms with Crippen LogP contribution in [0, 0.1) is 6.92 Å². The second-order valence-corrected chi connectivity index (χ2v) is 10.8. The summed E-state index contributed by atoms with van der Waals surface area (Å²) in [6.45, 7) is 8.24. The summed E-state index contributed by atoms with van der Waals surface area (Å²) in [5, 5.41) is 0. The number of nitrogens with zero attached hydrogens (tertiary/aromatic N) is 3. The summed E-state index contributed by atoms with van der Waals surface area (Å²) in [6, 6.07) is 13.3. The minimum Gasteiger partial charge on any atom is -0.365 e. The van der Waals surface area contributed by atoms with E-state index in [1.54, 1.807) is 17.0 Å². The van der Waals surface area contributed by atoms with E-state index in [2.05, 4.69) is 41.7 Å². The Balaban J connectivity index is 1.30. The lowest BCUT2D eigenvalue weighted by molar-refractivity contribution is -0.131. The van der Waals surface area contributed by atoms with Crippen LogP contribution in [-0.2, 0) is 26.0 Å². The highest BCUT2D eigenvalue weighted by Crippen LogP contribution is 2.30. The number of piperazine rings is 1. The van der Waals surface area contributed by atoms with Crippen LogP contribution in [-0.4, -0.2) is 63.9 Å². The lowest BCUT2D eigenvalue weighted by Crippen LogP contribution is -2.54. The number of nitrogens with one attached hydrogen (secondary N) is 1. The average molecular weight is 485 g/mol. The minimum absolute atomic E-state index is 0.0459. The van der Waals surface area contributed by atoms with Gasteiger partial charge in [-0.1, -0.05) is 12.1 Å². The molecule has 2 aromatic rings. The van der Waals surface area contributed by atoms with Gasteiger partial charge in [0.2, 0.25) is 21.8 Å². The van der Waals surface area contributed by atoms with Gasteiger partial charge < -0.3 is 14.7 Å². The smallest absolute Gasteiger partial charge is 0.240 e. The zero-order valence-electron chi connectivity index (χ0n) is 20.0. The Morgan fingerprint density at radius 1 is 1.09 bits per heavy atom. The number of aryl methyl sites for hydroxylation is 1. The molecule has 9 heteroatoms. The summed E-state index contributed by atoms with van der Waals surface area (Å²) in [4.78, 5) is 30.4. The van der Waals surface area contributed by atoms with Crippen LogP contribution in [0.1, 0.15) is 31.4 Å². The summed E-state index contributed by atoms with van der Waals surface area (Å²) in [5.74, 6) is -0.107. The first-order chi connectivity index (χ1) is 16.2. The molecule has 0 aliphatic carbocycles. The van der Waals surface area contributed by atoms with Crippen molar-refractivity contribution >= 4 is 33.2 Å². The van der Waals surface area contributed by atoms with E-state index in [1.165, 1.54) is 18.6 Å². The molecule has 2 amide bonds. The number of benzene rings is 2. The lowest BCUT2D eigenvalue weighted by Gasteiger charge is -2.41. The fraction of sp³-hybridized carbons (Fsp3) is 0.440. The highest BCUT2D eigenvalue weighted by atomic mass is 32.2. The summed E-state index contributed by atoms with van der Waals surface area (Å²) < 4.78 is 28.1. The minimum atomic E-state index is -3.74. The van der Waals surface area contributed by atoms with Crippen LogP contribution in [0.2, 0.25) is 0 Å². The number of anilines is 2. The molecule has 34 heavy (non-hydrogen) atoms. The first-order valence-corrected chi connectivity index (χ1v) is 13.2. The topological polar surface area (TPSA) is 90.0 Å². The highest BCUT2D eigenvalue weighted by Gasteiger charge is 2.28. The molecule has 1 saturated heterocycles. The molecular weight excluding hydrogens is 452 g/mol. The van der Waals surface area contributed by atoms with Crippen molar-refractivity contribution in [3.8, 4) is 0 Å². The van der Waals surface area contributed by atoms with Crippen molar-refractivity contribution in [3.63, 3.8) is 0 Å². The Morgan fingerprint density at radius 3 is 2.59 bits per heavy atom. The molecule has 8 nitrogen and oxygen atoms in total. The normalized spacial score (nSPS) is 18.2. The van der Waals surface area contributed by atoms with Gasteiger partial charge in [0.15, 0.2) is 0 Å². The van der Waals surface area contributed by atoms with Crippen molar-refractivity contribution in [1.29, 1.82) is 0 Å². The van der Waals surface area contributed by atoms with Crippen molar-refractivity contribution in [2.45, 2.75) is 44.6 Å². The van der Waals surface area contributed by atoms with E-state index in [0.717, 1.165) is 23.5 Å². The zero-order chi connectivity index (χ0) is 24.5. The Kier molecular flexibility index (Phi) is 6.95. The van der Waals surface area contributed by atoms with Crippen molar-refractivity contribution in [3.05, 3.63) is 53.6 Å². The summed E-state index contributed by atoms with van der Waals surface area (Å²) in [5.41, 5.74) is 3.97. The molecule has 2 aliphatic rings. The summed E-state index contributed by atoms with van der Waals surface area (Å²) in [6.07, 6.45) is 0.739. The van der Waals surface area contributed by atoms with Crippen LogP contribution >= 0.6 is 0 Å². The number of sulfonamides is 1. The van der Waals surface area contributed by atoms with Gasteiger partial charge in [0.1, 0.15) is 0 Å². The SMILES string of the molecule is CC(=O)N1CCc2cc(S(=O)(=O)NCCC(=O)N3CCN(c4cccc(C)c4)[C@@H](C)C3)ccc21. The van der Waals surface area contributed by atoms with E-state index in [-0.39, 0.29) is 35.7 Å². The standard InChI is InChI=1S/C25H32N4O4S/c1-18-5-4-6-22(15-18)28-14-13-27(17-19(28)2)25(31)9-11-26-34(32,33)23-7-8-24-21(16-23)10-12-29(24)20(3)30/h4-8,15-16,19,26H,9-14,17H2,1-3H3/t19-/m0/s1. The molecule has 182 valence electrons. The fourth-order valence-electron chi connectivity index (χ4n) is 4.78. The predicted molar refractivity (Wildman–Crippen MR) is 133 cm³/mol. The van der Waals surface area contributed by atoms with Gasteiger partial charge in [-0.2, -0.15) is 0 Å². The number of amides is 2. The molecule has 1 fully saturated rings. The molecule has 2 aliphatic heterocycles. The van der Waals surface area contributed by atoms with Gasteiger partial charge in [-0.3, -0.25) is 9.59 Å². The van der Waals surface area contributed by atoms with Crippen molar-refractivity contribution in [2.75, 3.05) is 42.5 Å². The molecule has 0 saturated carbocycles. The fourth-order valence-corrected chi connectivity index (χ4v) is 5.86. The Hall–Kier alpha value is -2.91. The Bertz CT molecular complexity index is 1200. The Morgan fingerprint density at radius 2 is 1.88 bits per heavy atom. The van der Waals surface area contributed by atoms with E-state index in [9.17, 15) is 18.0 Å². The first-order valence-electron chi connectivity index (χ1n) is 11.7. The van der Waals surface area contributed by atoms with Crippen molar-refractivity contribution in [1.82, 2.24) is 9.62 Å². The zero-order valence-corrected chi connectivity index (χ0v) is 20.8. The number of hydrogen-bond donors (Lipinski definition) is 1. The number of fused-ring (bicyclic) bond motifs is 1. The molecule has 1 atom stereocenters. The summed E-state index contributed by atoms with van der Waals surface area (Å²) in [7, 11) is -3.74. The third kappa shape index (κ3) is 5.10. The van der Waals surface area contributed by atoms with E-state index in [4.69, 9.17) is 0 Å². The summed E-state index contributed by atoms with van der Waals surface area (Å²) >= 11 is 0. The maximum atomic E-state index is 12.8. The predicted octanol–water partition coefficient (Wildman–Crippen LogP) is 2.31. The maximum absolute atomic E-state index is 12.8. The third-order valence-corrected chi connectivity index (χ3v) is 8.04. The second-order valence-electron chi connectivity index (χ2n) is 9.08. The molecule has 0 unspecified atom stereocenters. The van der Waals surface area contributed by atoms with Crippen LogP contribution in [0.3, 0.4) is 0 Å². The molecule has 0 radical (unpaired) electrons. The van der Waals surface area contributed by atoms with Gasteiger partial charge in [-0.15, -0.1) is 0 Å². The van der Waals surface area contributed by atoms with Gasteiger partial charge >= 0.3 is 0 Å². The molecule has 0 bridgehead atoms. The van der Waals surface area contributed by atoms with Crippen LogP contribution in [0.5, 0.6) is 0 Å². The molecule has 2 heterocycles. The highest BCUT2D eigenvalue weighted by molar-refractivity contribution is 7.89. The van der Waals surface area contributed by atoms with Gasteiger partial charge in [-0.05, 0) is 61.7 Å². The van der Waals surface area contributed by atoms with Crippen LogP contribution in [0.15, 0.2) is 47.4 Å². The van der Waals surface area contributed by atoms with Gasteiger partial charge in [0.25, 0.3) is 0 Å². The number of carbonyl (C=O) groups excluding carboxylic acids is 2. The number of rotatable bonds is 6. The maximum Gasteiger partial charge on any atom is 0.240 e. The lowest BCUT2D eigenvalue weighted by atomic mass is 10.1. The average Bonchev–Trinajstić information content (AvgIpc) is 3.22. The number of carbonyl (C=O) groups is 2. The van der Waals surface area contributed by atoms with Crippen LogP contribution in [0.4, 0.5) is 11.4 Å². The number of hydrogen-bond acceptors (Lipinski definition) is 5. The first kappa shape index (κ1) is 24.2. The molecule has 2 aromatic carbocycles. The molecule has 1 N–H and O–H groups in total. The van der Waals surface area contributed by atoms with Crippen LogP contribution < -0.4 is 14.5 Å². The molecule has 0 aromatic heterocycles. The quantitative estimate of drug-likeness (QED) is 0.680. The van der Waals surface area contributed by atoms with E-state index >= 15 is 0 Å². The van der Waals surface area contributed by atoms with Gasteiger partial charge in [0, 0.05) is 63.5 Å². The monoisotopic (exact) mass is 484 g/mol. The third-order valence-electron chi connectivity index (χ3n) is 6.58. The van der Waals surface area contributed by atoms with Gasteiger partial charge in [-0.25, -0.2) is 13.1 Å². The molecule has 4 rings (SSSR count). The van der Waals surface area contributed by atoms with Crippen molar-refractivity contribution in [2.24, 2.45) is 0 Å².